The van der Waals surface area contributed by atoms with Gasteiger partial charge >= 0.3 is 0 Å². The number of methoxy groups -OCH3 is 2. The molecule has 31 heavy (non-hydrogen) atoms. The van der Waals surface area contributed by atoms with E-state index in [1.54, 1.807) is 26.4 Å². The van der Waals surface area contributed by atoms with Gasteiger partial charge < -0.3 is 19.7 Å². The Morgan fingerprint density at radius 3 is 2.52 bits per heavy atom. The van der Waals surface area contributed by atoms with Gasteiger partial charge in [0.05, 0.1) is 25.9 Å². The molecule has 3 rings (SSSR count). The maximum atomic E-state index is 13.9. The van der Waals surface area contributed by atoms with Crippen LogP contribution in [-0.2, 0) is 11.3 Å². The number of halogens is 1. The van der Waals surface area contributed by atoms with Crippen LogP contribution in [-0.4, -0.2) is 57.2 Å². The van der Waals surface area contributed by atoms with Gasteiger partial charge in [0, 0.05) is 32.7 Å². The molecule has 1 saturated heterocycles. The number of ether oxygens (including phenoxy) is 2. The number of nitrogens with one attached hydrogen (secondary N) is 1. The Hall–Kier alpha value is -3.31. The minimum atomic E-state index is -0.509. The van der Waals surface area contributed by atoms with Crippen LogP contribution in [0.3, 0.4) is 0 Å². The average Bonchev–Trinajstić information content (AvgIpc) is 2.81. The smallest absolute Gasteiger partial charge is 0.237 e. The Morgan fingerprint density at radius 1 is 1.16 bits per heavy atom. The van der Waals surface area contributed by atoms with Crippen molar-refractivity contribution in [2.24, 2.45) is 0 Å². The van der Waals surface area contributed by atoms with Crippen molar-refractivity contribution in [3.8, 4) is 17.6 Å². The van der Waals surface area contributed by atoms with Crippen LogP contribution in [0.4, 0.5) is 10.1 Å². The molecule has 0 saturated carbocycles. The molecular formula is C23H27FN4O3. The first-order valence-electron chi connectivity index (χ1n) is 10.1. The zero-order chi connectivity index (χ0) is 22.4. The lowest BCUT2D eigenvalue weighted by Crippen LogP contribution is -2.54. The monoisotopic (exact) mass is 426 g/mol. The van der Waals surface area contributed by atoms with Gasteiger partial charge in [0.2, 0.25) is 5.91 Å². The molecule has 0 bridgehead atoms. The molecule has 1 heterocycles. The van der Waals surface area contributed by atoms with E-state index in [4.69, 9.17) is 9.47 Å². The quantitative estimate of drug-likeness (QED) is 0.733. The Kier molecular flexibility index (Phi) is 7.32. The summed E-state index contributed by atoms with van der Waals surface area (Å²) in [6, 6.07) is 11.9. The Labute approximate surface area is 182 Å². The van der Waals surface area contributed by atoms with Crippen molar-refractivity contribution in [2.45, 2.75) is 19.5 Å². The van der Waals surface area contributed by atoms with Crippen LogP contribution in [0.2, 0.25) is 0 Å². The van der Waals surface area contributed by atoms with Crippen LogP contribution in [0.1, 0.15) is 18.1 Å². The van der Waals surface area contributed by atoms with E-state index in [2.05, 4.69) is 10.2 Å². The lowest BCUT2D eigenvalue weighted by atomic mass is 10.1. The highest BCUT2D eigenvalue weighted by Gasteiger charge is 2.27. The van der Waals surface area contributed by atoms with E-state index in [-0.39, 0.29) is 17.5 Å². The van der Waals surface area contributed by atoms with Crippen molar-refractivity contribution in [2.75, 3.05) is 45.3 Å². The lowest BCUT2D eigenvalue weighted by molar-refractivity contribution is -0.126. The minimum absolute atomic E-state index is 0.0632. The third kappa shape index (κ3) is 5.06. The predicted molar refractivity (Wildman–Crippen MR) is 116 cm³/mol. The zero-order valence-corrected chi connectivity index (χ0v) is 18.0. The van der Waals surface area contributed by atoms with Crippen molar-refractivity contribution in [3.63, 3.8) is 0 Å². The van der Waals surface area contributed by atoms with Gasteiger partial charge in [-0.15, -0.1) is 0 Å². The van der Waals surface area contributed by atoms with Crippen molar-refractivity contribution in [3.05, 3.63) is 53.3 Å². The van der Waals surface area contributed by atoms with E-state index in [0.29, 0.717) is 49.9 Å². The Morgan fingerprint density at radius 2 is 1.87 bits per heavy atom. The molecular weight excluding hydrogens is 399 g/mol. The van der Waals surface area contributed by atoms with Gasteiger partial charge in [-0.3, -0.25) is 9.69 Å². The number of carbonyl (C=O) groups is 1. The number of amides is 1. The fraction of sp³-hybridized carbons (Fsp3) is 0.391. The summed E-state index contributed by atoms with van der Waals surface area (Å²) in [4.78, 5) is 16.8. The number of hydrogen-bond donors (Lipinski definition) is 1. The number of hydrogen-bond acceptors (Lipinski definition) is 6. The van der Waals surface area contributed by atoms with Gasteiger partial charge in [0.25, 0.3) is 0 Å². The molecule has 0 aliphatic carbocycles. The van der Waals surface area contributed by atoms with Crippen LogP contribution < -0.4 is 19.7 Å². The highest BCUT2D eigenvalue weighted by molar-refractivity contribution is 5.81. The second-order valence-electron chi connectivity index (χ2n) is 7.35. The number of nitriles is 1. The van der Waals surface area contributed by atoms with Crippen LogP contribution in [0.15, 0.2) is 36.4 Å². The zero-order valence-electron chi connectivity index (χ0n) is 18.0. The summed E-state index contributed by atoms with van der Waals surface area (Å²) in [7, 11) is 3.15. The second kappa shape index (κ2) is 10.1. The summed E-state index contributed by atoms with van der Waals surface area (Å²) in [6.45, 7) is 4.79. The van der Waals surface area contributed by atoms with E-state index in [0.717, 1.165) is 5.56 Å². The second-order valence-corrected chi connectivity index (χ2v) is 7.35. The molecule has 0 aromatic heterocycles. The third-order valence-electron chi connectivity index (χ3n) is 5.60. The maximum Gasteiger partial charge on any atom is 0.237 e. The summed E-state index contributed by atoms with van der Waals surface area (Å²) < 4.78 is 24.4. The summed E-state index contributed by atoms with van der Waals surface area (Å²) >= 11 is 0. The maximum absolute atomic E-state index is 13.9. The number of carbonyl (C=O) groups excluding carboxylic acids is 1. The van der Waals surface area contributed by atoms with Crippen LogP contribution >= 0.6 is 0 Å². The predicted octanol–water partition coefficient (Wildman–Crippen LogP) is 2.54. The normalized spacial score (nSPS) is 15.1. The molecule has 0 spiro atoms. The Bertz CT molecular complexity index is 968. The number of benzene rings is 2. The van der Waals surface area contributed by atoms with E-state index >= 15 is 0 Å². The summed E-state index contributed by atoms with van der Waals surface area (Å²) in [5.41, 5.74) is 1.59. The highest BCUT2D eigenvalue weighted by atomic mass is 19.1. The molecule has 1 unspecified atom stereocenters. The van der Waals surface area contributed by atoms with Gasteiger partial charge in [-0.1, -0.05) is 12.1 Å². The number of piperazine rings is 1. The molecule has 8 heteroatoms. The van der Waals surface area contributed by atoms with Crippen LogP contribution in [0.5, 0.6) is 11.5 Å². The molecule has 164 valence electrons. The number of anilines is 1. The molecule has 1 amide bonds. The lowest BCUT2D eigenvalue weighted by Gasteiger charge is -2.38. The largest absolute Gasteiger partial charge is 0.493 e. The molecule has 1 fully saturated rings. The highest BCUT2D eigenvalue weighted by Crippen LogP contribution is 2.27. The molecule has 1 atom stereocenters. The third-order valence-corrected chi connectivity index (χ3v) is 5.60. The Balaban J connectivity index is 1.55. The molecule has 1 aliphatic heterocycles. The van der Waals surface area contributed by atoms with Gasteiger partial charge in [0.15, 0.2) is 11.5 Å². The van der Waals surface area contributed by atoms with E-state index in [1.807, 2.05) is 36.1 Å². The fourth-order valence-corrected chi connectivity index (χ4v) is 3.73. The SMILES string of the molecule is COc1ccc(CNC(=O)C(C)N2CCN(c3cccc(F)c3C#N)CC2)cc1OC. The first-order valence-corrected chi connectivity index (χ1v) is 10.1. The van der Waals surface area contributed by atoms with E-state index < -0.39 is 5.82 Å². The van der Waals surface area contributed by atoms with Gasteiger partial charge in [0.1, 0.15) is 17.4 Å². The summed E-state index contributed by atoms with van der Waals surface area (Å²) in [5.74, 6) is 0.686. The molecule has 1 N–H and O–H groups in total. The number of rotatable bonds is 7. The molecule has 7 nitrogen and oxygen atoms in total. The van der Waals surface area contributed by atoms with Crippen molar-refractivity contribution >= 4 is 11.6 Å². The standard InChI is InChI=1S/C23H27FN4O3/c1-16(23(29)26-15-17-7-8-21(30-2)22(13-17)31-3)27-9-11-28(12-10-27)20-6-4-5-19(24)18(20)14-25/h4-8,13,16H,9-12,15H2,1-3H3,(H,26,29). The first-order chi connectivity index (χ1) is 15.0. The molecule has 2 aromatic rings. The first kappa shape index (κ1) is 22.4. The van der Waals surface area contributed by atoms with Crippen LogP contribution in [0, 0.1) is 17.1 Å². The van der Waals surface area contributed by atoms with Gasteiger partial charge in [-0.05, 0) is 36.8 Å². The summed E-state index contributed by atoms with van der Waals surface area (Å²) in [6.07, 6.45) is 0. The molecule has 2 aromatic carbocycles. The number of nitrogens with zero attached hydrogens (tertiary/aromatic N) is 3. The van der Waals surface area contributed by atoms with E-state index in [9.17, 15) is 14.4 Å². The van der Waals surface area contributed by atoms with Crippen molar-refractivity contribution < 1.29 is 18.7 Å². The fourth-order valence-electron chi connectivity index (χ4n) is 3.73. The van der Waals surface area contributed by atoms with Crippen LogP contribution in [0.25, 0.3) is 0 Å². The van der Waals surface area contributed by atoms with E-state index in [1.165, 1.54) is 6.07 Å². The van der Waals surface area contributed by atoms with Gasteiger partial charge in [-0.25, -0.2) is 4.39 Å². The minimum Gasteiger partial charge on any atom is -0.493 e. The van der Waals surface area contributed by atoms with Crippen molar-refractivity contribution in [1.29, 1.82) is 5.26 Å². The molecule has 1 aliphatic rings. The van der Waals surface area contributed by atoms with Crippen molar-refractivity contribution in [1.82, 2.24) is 10.2 Å². The summed E-state index contributed by atoms with van der Waals surface area (Å²) in [5, 5.41) is 12.2. The van der Waals surface area contributed by atoms with Gasteiger partial charge in [-0.2, -0.15) is 5.26 Å². The molecule has 0 radical (unpaired) electrons. The topological polar surface area (TPSA) is 77.8 Å². The average molecular weight is 426 g/mol.